The average molecular weight is 388 g/mol. The zero-order valence-corrected chi connectivity index (χ0v) is 16.0. The quantitative estimate of drug-likeness (QED) is 0.324. The molecule has 6 nitrogen and oxygen atoms in total. The molecule has 8 heteroatoms. The summed E-state index contributed by atoms with van der Waals surface area (Å²) >= 11 is 6.53. The lowest BCUT2D eigenvalue weighted by Gasteiger charge is -2.30. The molecule has 0 spiro atoms. The van der Waals surface area contributed by atoms with E-state index in [1.807, 2.05) is 20.8 Å². The van der Waals surface area contributed by atoms with E-state index in [0.717, 1.165) is 0 Å². The molecule has 0 unspecified atom stereocenters. The molecule has 2 heterocycles. The minimum atomic E-state index is -0.452. The number of hydrogen-bond acceptors (Lipinski definition) is 6. The van der Waals surface area contributed by atoms with Crippen LogP contribution in [-0.4, -0.2) is 25.6 Å². The normalized spacial score (nSPS) is 16.6. The van der Waals surface area contributed by atoms with Crippen molar-refractivity contribution in [2.75, 3.05) is 0 Å². The highest BCUT2D eigenvalue weighted by Crippen LogP contribution is 2.38. The summed E-state index contributed by atoms with van der Waals surface area (Å²) in [6, 6.07) is 9.68. The van der Waals surface area contributed by atoms with Crippen LogP contribution in [0.2, 0.25) is 0 Å². The van der Waals surface area contributed by atoms with Gasteiger partial charge in [0.15, 0.2) is 0 Å². The van der Waals surface area contributed by atoms with Crippen LogP contribution >= 0.6 is 24.0 Å². The van der Waals surface area contributed by atoms with Crippen LogP contribution in [0.25, 0.3) is 17.4 Å². The number of furan rings is 1. The molecule has 0 bridgehead atoms. The van der Waals surface area contributed by atoms with E-state index in [0.29, 0.717) is 26.3 Å². The molecule has 0 N–H and O–H groups in total. The number of nitro benzene ring substituents is 1. The van der Waals surface area contributed by atoms with Crippen LogP contribution in [0.3, 0.4) is 0 Å². The third-order valence-corrected chi connectivity index (χ3v) is 5.03. The zero-order valence-electron chi connectivity index (χ0n) is 14.4. The Bertz CT molecular complexity index is 941. The average Bonchev–Trinajstić information content (AvgIpc) is 3.12. The van der Waals surface area contributed by atoms with Crippen LogP contribution in [0.15, 0.2) is 45.7 Å². The Balaban J connectivity index is 1.93. The van der Waals surface area contributed by atoms with E-state index in [1.165, 1.54) is 17.8 Å². The highest BCUT2D eigenvalue weighted by Gasteiger charge is 2.39. The van der Waals surface area contributed by atoms with Crippen LogP contribution in [0.4, 0.5) is 5.69 Å². The van der Waals surface area contributed by atoms with Gasteiger partial charge in [0.2, 0.25) is 0 Å². The fourth-order valence-electron chi connectivity index (χ4n) is 2.59. The Morgan fingerprint density at radius 2 is 1.92 bits per heavy atom. The summed E-state index contributed by atoms with van der Waals surface area (Å²) in [6.07, 6.45) is 1.61. The number of nitro groups is 1. The molecule has 3 rings (SSSR count). The smallest absolute Gasteiger partial charge is 0.280 e. The van der Waals surface area contributed by atoms with Gasteiger partial charge in [0.1, 0.15) is 15.8 Å². The first-order valence-electron chi connectivity index (χ1n) is 7.80. The molecule has 1 fully saturated rings. The number of thioether (sulfide) groups is 1. The summed E-state index contributed by atoms with van der Waals surface area (Å²) in [4.78, 5) is 25.4. The van der Waals surface area contributed by atoms with Crippen molar-refractivity contribution in [3.8, 4) is 11.3 Å². The highest BCUT2D eigenvalue weighted by atomic mass is 32.2. The van der Waals surface area contributed by atoms with Crippen molar-refractivity contribution < 1.29 is 14.1 Å². The number of para-hydroxylation sites is 1. The number of amides is 1. The first kappa shape index (κ1) is 18.3. The van der Waals surface area contributed by atoms with Gasteiger partial charge in [-0.25, -0.2) is 0 Å². The van der Waals surface area contributed by atoms with Crippen LogP contribution in [0.1, 0.15) is 26.5 Å². The van der Waals surface area contributed by atoms with E-state index in [2.05, 4.69) is 0 Å². The maximum absolute atomic E-state index is 12.6. The van der Waals surface area contributed by atoms with E-state index >= 15 is 0 Å². The van der Waals surface area contributed by atoms with Gasteiger partial charge in [0, 0.05) is 17.7 Å². The van der Waals surface area contributed by atoms with Gasteiger partial charge in [0.05, 0.1) is 15.4 Å². The zero-order chi connectivity index (χ0) is 19.1. The van der Waals surface area contributed by atoms with Crippen LogP contribution in [-0.2, 0) is 4.79 Å². The van der Waals surface area contributed by atoms with Crippen LogP contribution < -0.4 is 0 Å². The standard InChI is InChI=1S/C18H16N2O4S2/c1-18(2,3)19-16(21)15(26-17(19)25)10-11-8-9-14(24-11)12-6-4-5-7-13(12)20(22)23/h4-10H,1-3H3/b15-10+. The summed E-state index contributed by atoms with van der Waals surface area (Å²) in [5.41, 5.74) is -0.0535. The molecule has 134 valence electrons. The Labute approximate surface area is 160 Å². The molecule has 1 aliphatic heterocycles. The SMILES string of the molecule is CC(C)(C)N1C(=O)/C(=C\c2ccc(-c3ccccc3[N+](=O)[O-])o2)SC1=S. The summed E-state index contributed by atoms with van der Waals surface area (Å²) in [5.74, 6) is 0.638. The molecular formula is C18H16N2O4S2. The fourth-order valence-corrected chi connectivity index (χ4v) is 4.21. The molecular weight excluding hydrogens is 372 g/mol. The predicted octanol–water partition coefficient (Wildman–Crippen LogP) is 4.85. The number of carbonyl (C=O) groups excluding carboxylic acids is 1. The van der Waals surface area contributed by atoms with E-state index in [9.17, 15) is 14.9 Å². The summed E-state index contributed by atoms with van der Waals surface area (Å²) in [7, 11) is 0. The fraction of sp³-hybridized carbons (Fsp3) is 0.222. The van der Waals surface area contributed by atoms with Crippen molar-refractivity contribution in [2.24, 2.45) is 0 Å². The monoisotopic (exact) mass is 388 g/mol. The number of rotatable bonds is 3. The first-order chi connectivity index (χ1) is 12.2. The Morgan fingerprint density at radius 3 is 2.54 bits per heavy atom. The first-order valence-corrected chi connectivity index (χ1v) is 9.02. The van der Waals surface area contributed by atoms with Gasteiger partial charge < -0.3 is 4.42 Å². The number of nitrogens with zero attached hydrogens (tertiary/aromatic N) is 2. The second-order valence-corrected chi connectivity index (χ2v) is 8.34. The lowest BCUT2D eigenvalue weighted by Crippen LogP contribution is -2.44. The van der Waals surface area contributed by atoms with Crippen molar-refractivity contribution in [2.45, 2.75) is 26.3 Å². The number of benzene rings is 1. The minimum Gasteiger partial charge on any atom is -0.456 e. The van der Waals surface area contributed by atoms with Gasteiger partial charge in [0.25, 0.3) is 11.6 Å². The highest BCUT2D eigenvalue weighted by molar-refractivity contribution is 8.26. The maximum Gasteiger partial charge on any atom is 0.280 e. The molecule has 1 aliphatic rings. The van der Waals surface area contributed by atoms with E-state index < -0.39 is 10.5 Å². The van der Waals surface area contributed by atoms with E-state index in [-0.39, 0.29) is 11.6 Å². The van der Waals surface area contributed by atoms with Gasteiger partial charge in [-0.05, 0) is 39.0 Å². The van der Waals surface area contributed by atoms with Gasteiger partial charge in [-0.3, -0.25) is 19.8 Å². The summed E-state index contributed by atoms with van der Waals surface area (Å²) in [5, 5.41) is 11.2. The van der Waals surface area contributed by atoms with Crippen LogP contribution in [0.5, 0.6) is 0 Å². The van der Waals surface area contributed by atoms with Crippen molar-refractivity contribution in [3.05, 3.63) is 57.2 Å². The summed E-state index contributed by atoms with van der Waals surface area (Å²) < 4.78 is 6.22. The molecule has 1 amide bonds. The molecule has 2 aromatic rings. The minimum absolute atomic E-state index is 0.0348. The second-order valence-electron chi connectivity index (χ2n) is 6.66. The largest absolute Gasteiger partial charge is 0.456 e. The molecule has 1 aromatic heterocycles. The van der Waals surface area contributed by atoms with Crippen LogP contribution in [0, 0.1) is 10.1 Å². The van der Waals surface area contributed by atoms with Gasteiger partial charge in [-0.15, -0.1) is 0 Å². The van der Waals surface area contributed by atoms with E-state index in [4.69, 9.17) is 16.6 Å². The Hall–Kier alpha value is -2.45. The predicted molar refractivity (Wildman–Crippen MR) is 106 cm³/mol. The number of thiocarbonyl (C=S) groups is 1. The van der Waals surface area contributed by atoms with Crippen molar-refractivity contribution >= 4 is 46.0 Å². The topological polar surface area (TPSA) is 76.6 Å². The summed E-state index contributed by atoms with van der Waals surface area (Å²) in [6.45, 7) is 5.75. The van der Waals surface area contributed by atoms with Gasteiger partial charge in [-0.1, -0.05) is 36.1 Å². The maximum atomic E-state index is 12.6. The molecule has 0 radical (unpaired) electrons. The molecule has 0 saturated carbocycles. The molecule has 1 saturated heterocycles. The van der Waals surface area contributed by atoms with Crippen molar-refractivity contribution in [1.82, 2.24) is 4.90 Å². The van der Waals surface area contributed by atoms with Gasteiger partial charge >= 0.3 is 0 Å². The lowest BCUT2D eigenvalue weighted by molar-refractivity contribution is -0.384. The third kappa shape index (κ3) is 3.42. The molecule has 0 atom stereocenters. The lowest BCUT2D eigenvalue weighted by atomic mass is 10.1. The molecule has 26 heavy (non-hydrogen) atoms. The van der Waals surface area contributed by atoms with Gasteiger partial charge in [-0.2, -0.15) is 0 Å². The molecule has 1 aromatic carbocycles. The Kier molecular flexibility index (Phi) is 4.72. The van der Waals surface area contributed by atoms with E-state index in [1.54, 1.807) is 41.3 Å². The molecule has 0 aliphatic carbocycles. The number of carbonyl (C=O) groups is 1. The second kappa shape index (κ2) is 6.69. The van der Waals surface area contributed by atoms with Crippen molar-refractivity contribution in [3.63, 3.8) is 0 Å². The number of hydrogen-bond donors (Lipinski definition) is 0. The van der Waals surface area contributed by atoms with Crippen molar-refractivity contribution in [1.29, 1.82) is 0 Å². The Morgan fingerprint density at radius 1 is 1.23 bits per heavy atom. The third-order valence-electron chi connectivity index (χ3n) is 3.73.